The molecule has 0 aliphatic rings. The first-order valence-electron chi connectivity index (χ1n) is 7.92. The van der Waals surface area contributed by atoms with Gasteiger partial charge in [-0.2, -0.15) is 0 Å². The molecule has 1 aromatic heterocycles. The van der Waals surface area contributed by atoms with Gasteiger partial charge >= 0.3 is 11.9 Å². The first-order chi connectivity index (χ1) is 11.0. The van der Waals surface area contributed by atoms with Crippen LogP contribution in [0.1, 0.15) is 53.4 Å². The third-order valence-electron chi connectivity index (χ3n) is 4.10. The van der Waals surface area contributed by atoms with Crippen molar-refractivity contribution in [2.45, 2.75) is 46.0 Å². The summed E-state index contributed by atoms with van der Waals surface area (Å²) in [5.41, 5.74) is 3.86. The standard InChI is InChI=1S/C18H23NO4/c1-4-5-6-7-15-14(10-17(20)21)13-8-11(2)12(18(22)23-3)9-16(13)19-15/h8-9,19H,4-7,10H2,1-3H3,(H,20,21). The van der Waals surface area contributed by atoms with Crippen LogP contribution in [0.15, 0.2) is 12.1 Å². The van der Waals surface area contributed by atoms with Gasteiger partial charge in [0.15, 0.2) is 0 Å². The average Bonchev–Trinajstić information content (AvgIpc) is 2.82. The first-order valence-corrected chi connectivity index (χ1v) is 7.92. The molecule has 0 saturated carbocycles. The Hall–Kier alpha value is -2.30. The Bertz CT molecular complexity index is 730. The van der Waals surface area contributed by atoms with Crippen molar-refractivity contribution < 1.29 is 19.4 Å². The molecule has 0 aliphatic carbocycles. The van der Waals surface area contributed by atoms with Crippen LogP contribution < -0.4 is 0 Å². The third-order valence-corrected chi connectivity index (χ3v) is 4.10. The number of aromatic nitrogens is 1. The molecule has 2 N–H and O–H groups in total. The Labute approximate surface area is 135 Å². The molecule has 5 heteroatoms. The molecule has 0 amide bonds. The SMILES string of the molecule is CCCCCc1[nH]c2cc(C(=O)OC)c(C)cc2c1CC(=O)O. The molecule has 2 rings (SSSR count). The number of unbranched alkanes of at least 4 members (excludes halogenated alkanes) is 2. The van der Waals surface area contributed by atoms with Gasteiger partial charge in [-0.15, -0.1) is 0 Å². The molecule has 23 heavy (non-hydrogen) atoms. The summed E-state index contributed by atoms with van der Waals surface area (Å²) < 4.78 is 4.80. The van der Waals surface area contributed by atoms with Crippen LogP contribution in [0.3, 0.4) is 0 Å². The van der Waals surface area contributed by atoms with E-state index in [1.54, 1.807) is 6.07 Å². The molecular formula is C18H23NO4. The van der Waals surface area contributed by atoms with Gasteiger partial charge in [-0.1, -0.05) is 19.8 Å². The largest absolute Gasteiger partial charge is 0.481 e. The number of esters is 1. The number of aryl methyl sites for hydroxylation is 2. The van der Waals surface area contributed by atoms with E-state index in [4.69, 9.17) is 4.74 Å². The number of H-pyrrole nitrogens is 1. The smallest absolute Gasteiger partial charge is 0.338 e. The van der Waals surface area contributed by atoms with Gasteiger partial charge in [0, 0.05) is 16.6 Å². The summed E-state index contributed by atoms with van der Waals surface area (Å²) in [5.74, 6) is -1.23. The van der Waals surface area contributed by atoms with Crippen molar-refractivity contribution in [3.05, 3.63) is 34.5 Å². The molecule has 124 valence electrons. The number of benzene rings is 1. The van der Waals surface area contributed by atoms with E-state index in [-0.39, 0.29) is 12.4 Å². The fraction of sp³-hybridized carbons (Fsp3) is 0.444. The number of carbonyl (C=O) groups excluding carboxylic acids is 1. The van der Waals surface area contributed by atoms with Gasteiger partial charge in [-0.05, 0) is 43.0 Å². The average molecular weight is 317 g/mol. The van der Waals surface area contributed by atoms with Crippen LogP contribution in [0.5, 0.6) is 0 Å². The lowest BCUT2D eigenvalue weighted by Crippen LogP contribution is -2.04. The number of hydrogen-bond acceptors (Lipinski definition) is 3. The summed E-state index contributed by atoms with van der Waals surface area (Å²) in [6, 6.07) is 3.63. The molecule has 2 aromatic rings. The highest BCUT2D eigenvalue weighted by Crippen LogP contribution is 2.28. The van der Waals surface area contributed by atoms with Crippen LogP contribution >= 0.6 is 0 Å². The maximum absolute atomic E-state index is 11.8. The van der Waals surface area contributed by atoms with Crippen LogP contribution in [-0.4, -0.2) is 29.1 Å². The lowest BCUT2D eigenvalue weighted by Gasteiger charge is -2.05. The summed E-state index contributed by atoms with van der Waals surface area (Å²) in [6.07, 6.45) is 4.03. The van der Waals surface area contributed by atoms with E-state index in [1.807, 2.05) is 13.0 Å². The highest BCUT2D eigenvalue weighted by Gasteiger charge is 2.18. The summed E-state index contributed by atoms with van der Waals surface area (Å²) in [7, 11) is 1.35. The summed E-state index contributed by atoms with van der Waals surface area (Å²) in [5, 5.41) is 10.1. The number of fused-ring (bicyclic) bond motifs is 1. The highest BCUT2D eigenvalue weighted by molar-refractivity contribution is 5.98. The molecule has 0 aliphatic heterocycles. The molecule has 1 aromatic carbocycles. The van der Waals surface area contributed by atoms with Gasteiger partial charge in [0.25, 0.3) is 0 Å². The normalized spacial score (nSPS) is 10.9. The van der Waals surface area contributed by atoms with Crippen LogP contribution in [0.4, 0.5) is 0 Å². The number of aromatic amines is 1. The summed E-state index contributed by atoms with van der Waals surface area (Å²) >= 11 is 0. The number of nitrogens with one attached hydrogen (secondary N) is 1. The van der Waals surface area contributed by atoms with E-state index < -0.39 is 5.97 Å². The van der Waals surface area contributed by atoms with Crippen LogP contribution in [0.25, 0.3) is 10.9 Å². The van der Waals surface area contributed by atoms with Gasteiger partial charge in [-0.25, -0.2) is 4.79 Å². The van der Waals surface area contributed by atoms with Gasteiger partial charge in [0.2, 0.25) is 0 Å². The minimum Gasteiger partial charge on any atom is -0.481 e. The quantitative estimate of drug-likeness (QED) is 0.604. The molecule has 1 heterocycles. The van der Waals surface area contributed by atoms with Gasteiger partial charge in [-0.3, -0.25) is 4.79 Å². The second-order valence-electron chi connectivity index (χ2n) is 5.81. The maximum atomic E-state index is 11.8. The fourth-order valence-electron chi connectivity index (χ4n) is 2.91. The lowest BCUT2D eigenvalue weighted by molar-refractivity contribution is -0.136. The fourth-order valence-corrected chi connectivity index (χ4v) is 2.91. The van der Waals surface area contributed by atoms with Crippen molar-refractivity contribution in [1.82, 2.24) is 4.98 Å². The van der Waals surface area contributed by atoms with Gasteiger partial charge < -0.3 is 14.8 Å². The van der Waals surface area contributed by atoms with E-state index in [9.17, 15) is 14.7 Å². The summed E-state index contributed by atoms with van der Waals surface area (Å²) in [6.45, 7) is 3.97. The number of carbonyl (C=O) groups is 2. The van der Waals surface area contributed by atoms with Crippen molar-refractivity contribution in [1.29, 1.82) is 0 Å². The minimum absolute atomic E-state index is 0.0154. The number of hydrogen-bond donors (Lipinski definition) is 2. The van der Waals surface area contributed by atoms with E-state index in [0.717, 1.165) is 53.4 Å². The second-order valence-corrected chi connectivity index (χ2v) is 5.81. The third kappa shape index (κ3) is 3.73. The van der Waals surface area contributed by atoms with E-state index >= 15 is 0 Å². The van der Waals surface area contributed by atoms with E-state index in [0.29, 0.717) is 5.56 Å². The molecule has 0 fully saturated rings. The molecule has 5 nitrogen and oxygen atoms in total. The molecule has 0 radical (unpaired) electrons. The zero-order valence-electron chi connectivity index (χ0n) is 13.9. The Morgan fingerprint density at radius 3 is 2.61 bits per heavy atom. The van der Waals surface area contributed by atoms with Gasteiger partial charge in [0.1, 0.15) is 0 Å². The van der Waals surface area contributed by atoms with Crippen molar-refractivity contribution in [3.8, 4) is 0 Å². The lowest BCUT2D eigenvalue weighted by atomic mass is 10.0. The highest BCUT2D eigenvalue weighted by atomic mass is 16.5. The predicted molar refractivity (Wildman–Crippen MR) is 88.9 cm³/mol. The number of aliphatic carboxylic acids is 1. The number of carboxylic acid groups (broad SMARTS) is 1. The van der Waals surface area contributed by atoms with Crippen LogP contribution in [-0.2, 0) is 22.4 Å². The second kappa shape index (κ2) is 7.31. The van der Waals surface area contributed by atoms with Crippen molar-refractivity contribution >= 4 is 22.8 Å². The van der Waals surface area contributed by atoms with Crippen molar-refractivity contribution in [2.75, 3.05) is 7.11 Å². The summed E-state index contributed by atoms with van der Waals surface area (Å²) in [4.78, 5) is 26.3. The number of methoxy groups -OCH3 is 1. The predicted octanol–water partition coefficient (Wildman–Crippen LogP) is 3.62. The number of carboxylic acids is 1. The Kier molecular flexibility index (Phi) is 5.42. The van der Waals surface area contributed by atoms with Crippen LogP contribution in [0.2, 0.25) is 0 Å². The van der Waals surface area contributed by atoms with Crippen LogP contribution in [0, 0.1) is 6.92 Å². The van der Waals surface area contributed by atoms with Gasteiger partial charge in [0.05, 0.1) is 19.1 Å². The van der Waals surface area contributed by atoms with E-state index in [2.05, 4.69) is 11.9 Å². The zero-order valence-corrected chi connectivity index (χ0v) is 13.9. The molecule has 0 unspecified atom stereocenters. The molecule has 0 atom stereocenters. The monoisotopic (exact) mass is 317 g/mol. The number of rotatable bonds is 7. The van der Waals surface area contributed by atoms with Crippen molar-refractivity contribution in [2.24, 2.45) is 0 Å². The molecule has 0 saturated heterocycles. The first kappa shape index (κ1) is 17.1. The van der Waals surface area contributed by atoms with Crippen molar-refractivity contribution in [3.63, 3.8) is 0 Å². The minimum atomic E-state index is -0.850. The molecule has 0 bridgehead atoms. The number of ether oxygens (including phenoxy) is 1. The Balaban J connectivity index is 2.52. The molecule has 0 spiro atoms. The molecular weight excluding hydrogens is 294 g/mol. The Morgan fingerprint density at radius 1 is 1.26 bits per heavy atom. The van der Waals surface area contributed by atoms with E-state index in [1.165, 1.54) is 7.11 Å². The zero-order chi connectivity index (χ0) is 17.0. The maximum Gasteiger partial charge on any atom is 0.338 e. The Morgan fingerprint density at radius 2 is 2.00 bits per heavy atom. The topological polar surface area (TPSA) is 79.4 Å².